The number of rotatable bonds is 7. The standard InChI is InChI=1S/C15H26N2S/c1-11(2)8-9-17(13-5-6-13)14(10-16)15-7-4-12(3)18-15/h4,7,11,13-14H,5-6,8-10,16H2,1-3H3. The van der Waals surface area contributed by atoms with Gasteiger partial charge in [0.1, 0.15) is 0 Å². The molecule has 1 aromatic heterocycles. The molecule has 1 saturated carbocycles. The summed E-state index contributed by atoms with van der Waals surface area (Å²) in [5.74, 6) is 0.773. The minimum Gasteiger partial charge on any atom is -0.329 e. The lowest BCUT2D eigenvalue weighted by atomic mass is 10.1. The van der Waals surface area contributed by atoms with Crippen molar-refractivity contribution < 1.29 is 0 Å². The van der Waals surface area contributed by atoms with Crippen LogP contribution in [-0.4, -0.2) is 24.0 Å². The summed E-state index contributed by atoms with van der Waals surface area (Å²) >= 11 is 1.91. The summed E-state index contributed by atoms with van der Waals surface area (Å²) in [5.41, 5.74) is 6.05. The maximum Gasteiger partial charge on any atom is 0.0566 e. The Hall–Kier alpha value is -0.380. The van der Waals surface area contributed by atoms with Gasteiger partial charge in [0.2, 0.25) is 0 Å². The molecule has 0 aromatic carbocycles. The van der Waals surface area contributed by atoms with Crippen molar-refractivity contribution in [2.75, 3.05) is 13.1 Å². The van der Waals surface area contributed by atoms with Crippen LogP contribution in [0.3, 0.4) is 0 Å². The summed E-state index contributed by atoms with van der Waals surface area (Å²) in [6.07, 6.45) is 4.00. The van der Waals surface area contributed by atoms with Gasteiger partial charge in [0.05, 0.1) is 6.04 Å². The van der Waals surface area contributed by atoms with Crippen LogP contribution in [0.15, 0.2) is 12.1 Å². The van der Waals surface area contributed by atoms with E-state index in [9.17, 15) is 0 Å². The van der Waals surface area contributed by atoms with E-state index in [-0.39, 0.29) is 0 Å². The average molecular weight is 266 g/mol. The molecule has 0 amide bonds. The van der Waals surface area contributed by atoms with Crippen molar-refractivity contribution in [1.29, 1.82) is 0 Å². The maximum absolute atomic E-state index is 6.05. The third-order valence-corrected chi connectivity index (χ3v) is 4.80. The first-order valence-corrected chi connectivity index (χ1v) is 7.95. The van der Waals surface area contributed by atoms with Gasteiger partial charge in [0.15, 0.2) is 0 Å². The summed E-state index contributed by atoms with van der Waals surface area (Å²) in [4.78, 5) is 5.50. The zero-order chi connectivity index (χ0) is 13.1. The zero-order valence-corrected chi connectivity index (χ0v) is 12.7. The summed E-state index contributed by atoms with van der Waals surface area (Å²) in [6.45, 7) is 8.72. The van der Waals surface area contributed by atoms with Crippen LogP contribution >= 0.6 is 11.3 Å². The lowest BCUT2D eigenvalue weighted by Gasteiger charge is -2.31. The normalized spacial score (nSPS) is 17.7. The van der Waals surface area contributed by atoms with Crippen molar-refractivity contribution in [2.24, 2.45) is 11.7 Å². The van der Waals surface area contributed by atoms with E-state index in [0.29, 0.717) is 6.04 Å². The largest absolute Gasteiger partial charge is 0.329 e. The topological polar surface area (TPSA) is 29.3 Å². The SMILES string of the molecule is Cc1ccc(C(CN)N(CCC(C)C)C2CC2)s1. The van der Waals surface area contributed by atoms with Crippen LogP contribution in [0.2, 0.25) is 0 Å². The molecule has 2 rings (SSSR count). The molecule has 1 aromatic rings. The smallest absolute Gasteiger partial charge is 0.0566 e. The van der Waals surface area contributed by atoms with Crippen molar-refractivity contribution in [3.63, 3.8) is 0 Å². The summed E-state index contributed by atoms with van der Waals surface area (Å²) in [6, 6.07) is 5.72. The Labute approximate surface area is 115 Å². The van der Waals surface area contributed by atoms with Gasteiger partial charge >= 0.3 is 0 Å². The maximum atomic E-state index is 6.05. The van der Waals surface area contributed by atoms with E-state index in [2.05, 4.69) is 37.8 Å². The van der Waals surface area contributed by atoms with Crippen LogP contribution in [0.4, 0.5) is 0 Å². The van der Waals surface area contributed by atoms with Gasteiger partial charge in [-0.05, 0) is 50.8 Å². The van der Waals surface area contributed by atoms with Gasteiger partial charge in [0, 0.05) is 22.3 Å². The van der Waals surface area contributed by atoms with Crippen LogP contribution < -0.4 is 5.73 Å². The van der Waals surface area contributed by atoms with Gasteiger partial charge in [-0.1, -0.05) is 13.8 Å². The van der Waals surface area contributed by atoms with Crippen molar-refractivity contribution in [1.82, 2.24) is 4.90 Å². The van der Waals surface area contributed by atoms with Crippen LogP contribution in [0.25, 0.3) is 0 Å². The Morgan fingerprint density at radius 2 is 2.11 bits per heavy atom. The van der Waals surface area contributed by atoms with Crippen molar-refractivity contribution >= 4 is 11.3 Å². The Kier molecular flexibility index (Phi) is 4.82. The second kappa shape index (κ2) is 6.18. The fourth-order valence-corrected chi connectivity index (χ4v) is 3.47. The first-order valence-electron chi connectivity index (χ1n) is 7.14. The van der Waals surface area contributed by atoms with Gasteiger partial charge in [-0.2, -0.15) is 0 Å². The molecule has 0 radical (unpaired) electrons. The van der Waals surface area contributed by atoms with E-state index < -0.39 is 0 Å². The van der Waals surface area contributed by atoms with Crippen LogP contribution in [0.5, 0.6) is 0 Å². The van der Waals surface area contributed by atoms with E-state index in [1.807, 2.05) is 11.3 Å². The average Bonchev–Trinajstić information content (AvgIpc) is 3.07. The third kappa shape index (κ3) is 3.56. The van der Waals surface area contributed by atoms with Gasteiger partial charge < -0.3 is 5.73 Å². The zero-order valence-electron chi connectivity index (χ0n) is 11.9. The molecule has 1 fully saturated rings. The highest BCUT2D eigenvalue weighted by molar-refractivity contribution is 7.12. The number of aryl methyl sites for hydroxylation is 1. The Morgan fingerprint density at radius 1 is 1.39 bits per heavy atom. The Bertz CT molecular complexity index is 368. The minimum absolute atomic E-state index is 0.440. The molecule has 1 atom stereocenters. The second-order valence-corrected chi connectivity index (χ2v) is 7.17. The molecule has 2 nitrogen and oxygen atoms in total. The van der Waals surface area contributed by atoms with E-state index in [0.717, 1.165) is 18.5 Å². The molecule has 102 valence electrons. The number of nitrogens with zero attached hydrogens (tertiary/aromatic N) is 1. The molecule has 1 heterocycles. The second-order valence-electron chi connectivity index (χ2n) is 5.85. The van der Waals surface area contributed by atoms with Crippen molar-refractivity contribution in [2.45, 2.75) is 52.1 Å². The fraction of sp³-hybridized carbons (Fsp3) is 0.733. The third-order valence-electron chi connectivity index (χ3n) is 3.69. The van der Waals surface area contributed by atoms with Crippen molar-refractivity contribution in [3.8, 4) is 0 Å². The molecule has 3 heteroatoms. The molecular formula is C15H26N2S. The molecule has 0 bridgehead atoms. The van der Waals surface area contributed by atoms with E-state index >= 15 is 0 Å². The van der Waals surface area contributed by atoms with E-state index in [1.165, 1.54) is 35.6 Å². The summed E-state index contributed by atoms with van der Waals surface area (Å²) in [5, 5.41) is 0. The minimum atomic E-state index is 0.440. The van der Waals surface area contributed by atoms with E-state index in [4.69, 9.17) is 5.73 Å². The first kappa shape index (κ1) is 14.0. The lowest BCUT2D eigenvalue weighted by molar-refractivity contribution is 0.183. The fourth-order valence-electron chi connectivity index (χ4n) is 2.45. The monoisotopic (exact) mass is 266 g/mol. The predicted molar refractivity (Wildman–Crippen MR) is 80.0 cm³/mol. The van der Waals surface area contributed by atoms with Gasteiger partial charge in [-0.3, -0.25) is 4.90 Å². The van der Waals surface area contributed by atoms with Gasteiger partial charge in [-0.15, -0.1) is 11.3 Å². The van der Waals surface area contributed by atoms with Crippen LogP contribution in [0, 0.1) is 12.8 Å². The number of hydrogen-bond acceptors (Lipinski definition) is 3. The molecule has 1 aliphatic rings. The molecule has 0 spiro atoms. The molecule has 1 aliphatic carbocycles. The van der Waals surface area contributed by atoms with Crippen LogP contribution in [-0.2, 0) is 0 Å². The molecule has 0 aliphatic heterocycles. The predicted octanol–water partition coefficient (Wildman–Crippen LogP) is 3.57. The molecular weight excluding hydrogens is 240 g/mol. The van der Waals surface area contributed by atoms with Gasteiger partial charge in [0.25, 0.3) is 0 Å². The lowest BCUT2D eigenvalue weighted by Crippen LogP contribution is -2.36. The Morgan fingerprint density at radius 3 is 2.56 bits per heavy atom. The number of hydrogen-bond donors (Lipinski definition) is 1. The molecule has 18 heavy (non-hydrogen) atoms. The van der Waals surface area contributed by atoms with Crippen LogP contribution in [0.1, 0.15) is 48.9 Å². The highest BCUT2D eigenvalue weighted by Crippen LogP contribution is 2.36. The molecule has 0 saturated heterocycles. The molecule has 2 N–H and O–H groups in total. The highest BCUT2D eigenvalue weighted by Gasteiger charge is 2.34. The molecule has 1 unspecified atom stereocenters. The van der Waals surface area contributed by atoms with Gasteiger partial charge in [-0.25, -0.2) is 0 Å². The summed E-state index contributed by atoms with van der Waals surface area (Å²) < 4.78 is 0. The first-order chi connectivity index (χ1) is 8.61. The summed E-state index contributed by atoms with van der Waals surface area (Å²) in [7, 11) is 0. The Balaban J connectivity index is 2.06. The highest BCUT2D eigenvalue weighted by atomic mass is 32.1. The number of nitrogens with two attached hydrogens (primary N) is 1. The quantitative estimate of drug-likeness (QED) is 0.817. The number of thiophene rings is 1. The van der Waals surface area contributed by atoms with Crippen molar-refractivity contribution in [3.05, 3.63) is 21.9 Å². The van der Waals surface area contributed by atoms with E-state index in [1.54, 1.807) is 0 Å².